The maximum absolute atomic E-state index is 13.0. The number of aromatic nitrogens is 1. The second-order valence-corrected chi connectivity index (χ2v) is 9.82. The van der Waals surface area contributed by atoms with Crippen molar-refractivity contribution in [1.82, 2.24) is 15.2 Å². The Hall–Kier alpha value is -4.84. The van der Waals surface area contributed by atoms with E-state index in [1.165, 1.54) is 30.7 Å². The second kappa shape index (κ2) is 10.9. The Balaban J connectivity index is 1.57. The Kier molecular flexibility index (Phi) is 7.58. The highest BCUT2D eigenvalue weighted by Gasteiger charge is 2.54. The number of allylic oxidation sites excluding steroid dienone is 1. The predicted octanol–water partition coefficient (Wildman–Crippen LogP) is 1.34. The van der Waals surface area contributed by atoms with Gasteiger partial charge in [0.2, 0.25) is 0 Å². The summed E-state index contributed by atoms with van der Waals surface area (Å²) in [6.07, 6.45) is 2.55. The zero-order valence-electron chi connectivity index (χ0n) is 19.7. The number of nitrogen functional groups attached to an aromatic ring is 1. The molecule has 202 valence electrons. The summed E-state index contributed by atoms with van der Waals surface area (Å²) in [5, 5.41) is 39.3. The molecule has 2 atom stereocenters. The molecule has 4 N–H and O–H groups in total. The monoisotopic (exact) mass is 575 g/mol. The maximum Gasteiger partial charge on any atom is 0.352 e. The van der Waals surface area contributed by atoms with Crippen LogP contribution in [0, 0.1) is 20.2 Å². The van der Waals surface area contributed by atoms with E-state index in [-0.39, 0.29) is 39.1 Å². The summed E-state index contributed by atoms with van der Waals surface area (Å²) in [4.78, 5) is 68.4. The van der Waals surface area contributed by atoms with E-state index in [0.717, 1.165) is 40.1 Å². The van der Waals surface area contributed by atoms with E-state index in [1.807, 2.05) is 0 Å². The predicted molar refractivity (Wildman–Crippen MR) is 139 cm³/mol. The van der Waals surface area contributed by atoms with Crippen LogP contribution >= 0.6 is 23.1 Å². The number of oxime groups is 1. The first kappa shape index (κ1) is 27.2. The molecule has 39 heavy (non-hydrogen) atoms. The van der Waals surface area contributed by atoms with Crippen LogP contribution in [-0.4, -0.2) is 72.6 Å². The number of thioether (sulfide) groups is 1. The van der Waals surface area contributed by atoms with Crippen molar-refractivity contribution in [2.24, 2.45) is 5.16 Å². The lowest BCUT2D eigenvalue weighted by atomic mass is 10.0. The molecule has 16 nitrogen and oxygen atoms in total. The molecule has 2 amide bonds. The quantitative estimate of drug-likeness (QED) is 0.166. The first-order valence-electron chi connectivity index (χ1n) is 10.7. The second-order valence-electron chi connectivity index (χ2n) is 7.82. The Morgan fingerprint density at radius 2 is 2.05 bits per heavy atom. The number of carboxylic acids is 1. The Morgan fingerprint density at radius 1 is 1.31 bits per heavy atom. The molecule has 18 heteroatoms. The van der Waals surface area contributed by atoms with Crippen molar-refractivity contribution >= 4 is 69.2 Å². The summed E-state index contributed by atoms with van der Waals surface area (Å²) in [6.45, 7) is 0. The first-order valence-corrected chi connectivity index (χ1v) is 12.6. The molecule has 1 aromatic heterocycles. The number of carbonyl (C=O) groups is 3. The molecular formula is C21H17N7O9S2. The van der Waals surface area contributed by atoms with Crippen molar-refractivity contribution in [3.8, 4) is 0 Å². The van der Waals surface area contributed by atoms with E-state index < -0.39 is 50.4 Å². The highest BCUT2D eigenvalue weighted by atomic mass is 32.2. The molecule has 1 saturated heterocycles. The number of nitro benzene ring substituents is 2. The molecule has 2 aliphatic rings. The summed E-state index contributed by atoms with van der Waals surface area (Å²) >= 11 is 2.23. The summed E-state index contributed by atoms with van der Waals surface area (Å²) in [6, 6.07) is 1.97. The minimum atomic E-state index is -1.42. The van der Waals surface area contributed by atoms with Gasteiger partial charge in [-0.2, -0.15) is 0 Å². The van der Waals surface area contributed by atoms with Crippen LogP contribution in [0.25, 0.3) is 6.08 Å². The van der Waals surface area contributed by atoms with Gasteiger partial charge in [-0.25, -0.2) is 9.78 Å². The van der Waals surface area contributed by atoms with E-state index in [9.17, 15) is 39.7 Å². The van der Waals surface area contributed by atoms with E-state index in [1.54, 1.807) is 0 Å². The number of carboxylic acid groups (broad SMARTS) is 1. The average Bonchev–Trinajstić information content (AvgIpc) is 3.33. The summed E-state index contributed by atoms with van der Waals surface area (Å²) in [5.41, 5.74) is 4.33. The number of fused-ring (bicyclic) bond motifs is 1. The van der Waals surface area contributed by atoms with Gasteiger partial charge in [0, 0.05) is 17.2 Å². The standard InChI is InChI=1S/C21H17N7O9S2/c1-37-25-14(12-8-39-21(22)23-12)17(29)24-15-18(30)26-16(20(31)32)10(7-38-19(15)26)3-2-9-4-5-11(27(33)34)6-13(9)28(35)36/h2-6,8,15,19H,7H2,1H3,(H2,22,23)(H,24,29)(H,31,32)/b3-2+,25-14-/t15-,19+/m1/s1. The lowest BCUT2D eigenvalue weighted by Gasteiger charge is -2.49. The van der Waals surface area contributed by atoms with Gasteiger partial charge < -0.3 is 21.0 Å². The van der Waals surface area contributed by atoms with Crippen LogP contribution in [0.2, 0.25) is 0 Å². The molecule has 0 unspecified atom stereocenters. The number of hydrogen-bond donors (Lipinski definition) is 3. The third-order valence-corrected chi connectivity index (χ3v) is 7.51. The fourth-order valence-corrected chi connectivity index (χ4v) is 5.67. The molecule has 3 heterocycles. The van der Waals surface area contributed by atoms with Crippen molar-refractivity contribution in [1.29, 1.82) is 0 Å². The van der Waals surface area contributed by atoms with Crippen molar-refractivity contribution in [3.63, 3.8) is 0 Å². The summed E-state index contributed by atoms with van der Waals surface area (Å²) in [7, 11) is 1.22. The molecule has 0 bridgehead atoms. The zero-order valence-corrected chi connectivity index (χ0v) is 21.3. The van der Waals surface area contributed by atoms with Gasteiger partial charge in [-0.05, 0) is 17.7 Å². The van der Waals surface area contributed by atoms with Gasteiger partial charge in [0.15, 0.2) is 10.8 Å². The third-order valence-electron chi connectivity index (χ3n) is 5.53. The van der Waals surface area contributed by atoms with Crippen molar-refractivity contribution in [3.05, 3.63) is 72.4 Å². The van der Waals surface area contributed by atoms with Gasteiger partial charge in [-0.1, -0.05) is 11.2 Å². The molecule has 0 spiro atoms. The maximum atomic E-state index is 13.0. The van der Waals surface area contributed by atoms with Crippen LogP contribution in [0.3, 0.4) is 0 Å². The van der Waals surface area contributed by atoms with Crippen LogP contribution < -0.4 is 11.1 Å². The van der Waals surface area contributed by atoms with Crippen LogP contribution in [-0.2, 0) is 19.2 Å². The minimum Gasteiger partial charge on any atom is -0.477 e. The number of nitro groups is 2. The van der Waals surface area contributed by atoms with Crippen LogP contribution in [0.5, 0.6) is 0 Å². The average molecular weight is 576 g/mol. The molecule has 0 aliphatic carbocycles. The van der Waals surface area contributed by atoms with Crippen LogP contribution in [0.4, 0.5) is 16.5 Å². The van der Waals surface area contributed by atoms with E-state index in [4.69, 9.17) is 10.6 Å². The summed E-state index contributed by atoms with van der Waals surface area (Å²) in [5.74, 6) is -2.81. The molecule has 0 radical (unpaired) electrons. The SMILES string of the molecule is CO/N=C(\C(=O)N[C@@H]1C(=O)N2C(C(=O)O)=C(/C=C/c3ccc([N+](=O)[O-])cc3[N+](=O)[O-])CS[C@@H]12)c1csc(N)n1. The number of aliphatic carboxylic acids is 1. The lowest BCUT2D eigenvalue weighted by Crippen LogP contribution is -2.71. The normalized spacial score (nSPS) is 18.9. The number of rotatable bonds is 9. The van der Waals surface area contributed by atoms with E-state index >= 15 is 0 Å². The molecule has 1 aromatic carbocycles. The Labute approximate surface area is 226 Å². The van der Waals surface area contributed by atoms with Gasteiger partial charge >= 0.3 is 5.97 Å². The number of benzene rings is 1. The largest absolute Gasteiger partial charge is 0.477 e. The molecule has 2 aliphatic heterocycles. The van der Waals surface area contributed by atoms with Gasteiger partial charge in [-0.3, -0.25) is 34.7 Å². The van der Waals surface area contributed by atoms with Gasteiger partial charge in [0.05, 0.1) is 21.5 Å². The molecular weight excluding hydrogens is 558 g/mol. The number of thiazole rings is 1. The van der Waals surface area contributed by atoms with Crippen LogP contribution in [0.15, 0.2) is 46.1 Å². The van der Waals surface area contributed by atoms with Gasteiger partial charge in [-0.15, -0.1) is 23.1 Å². The van der Waals surface area contributed by atoms with Crippen molar-refractivity contribution < 1.29 is 34.2 Å². The highest BCUT2D eigenvalue weighted by Crippen LogP contribution is 2.41. The topological polar surface area (TPSA) is 233 Å². The van der Waals surface area contributed by atoms with Crippen molar-refractivity contribution in [2.45, 2.75) is 11.4 Å². The molecule has 4 rings (SSSR count). The van der Waals surface area contributed by atoms with Gasteiger partial charge in [0.1, 0.15) is 29.9 Å². The number of non-ortho nitro benzene ring substituents is 1. The fourth-order valence-electron chi connectivity index (χ4n) is 3.81. The summed E-state index contributed by atoms with van der Waals surface area (Å²) < 4.78 is 0. The smallest absolute Gasteiger partial charge is 0.352 e. The van der Waals surface area contributed by atoms with E-state index in [2.05, 4.69) is 15.5 Å². The molecule has 2 aromatic rings. The lowest BCUT2D eigenvalue weighted by molar-refractivity contribution is -0.394. The number of β-lactam (4-membered cyclic amide) rings is 1. The van der Waals surface area contributed by atoms with Crippen molar-refractivity contribution in [2.75, 3.05) is 18.6 Å². The highest BCUT2D eigenvalue weighted by molar-refractivity contribution is 8.00. The molecule has 1 fully saturated rings. The zero-order chi connectivity index (χ0) is 28.4. The first-order chi connectivity index (χ1) is 18.5. The number of nitrogens with zero attached hydrogens (tertiary/aromatic N) is 5. The third kappa shape index (κ3) is 5.27. The Morgan fingerprint density at radius 3 is 2.64 bits per heavy atom. The fraction of sp³-hybridized carbons (Fsp3) is 0.190. The number of hydrogen-bond acceptors (Lipinski definition) is 13. The number of nitrogens with one attached hydrogen (secondary N) is 1. The minimum absolute atomic E-state index is 0.00248. The Bertz CT molecular complexity index is 1500. The molecule has 0 saturated carbocycles. The number of nitrogens with two attached hydrogens (primary N) is 1. The number of amides is 2. The number of anilines is 1. The van der Waals surface area contributed by atoms with E-state index in [0.29, 0.717) is 0 Å². The number of carbonyl (C=O) groups excluding carboxylic acids is 2. The van der Waals surface area contributed by atoms with Crippen LogP contribution in [0.1, 0.15) is 11.3 Å². The van der Waals surface area contributed by atoms with Gasteiger partial charge in [0.25, 0.3) is 23.2 Å².